The van der Waals surface area contributed by atoms with Crippen LogP contribution in [0.1, 0.15) is 10.4 Å². The van der Waals surface area contributed by atoms with Crippen LogP contribution in [0, 0.1) is 0 Å². The number of para-hydroxylation sites is 1. The molecule has 0 saturated carbocycles. The van der Waals surface area contributed by atoms with E-state index in [1.54, 1.807) is 42.5 Å². The van der Waals surface area contributed by atoms with Crippen molar-refractivity contribution < 1.29 is 22.7 Å². The quantitative estimate of drug-likeness (QED) is 0.560. The third-order valence-electron chi connectivity index (χ3n) is 4.20. The first-order valence-corrected chi connectivity index (χ1v) is 10.6. The van der Waals surface area contributed by atoms with Crippen molar-refractivity contribution in [2.75, 3.05) is 24.3 Å². The highest BCUT2D eigenvalue weighted by molar-refractivity contribution is 7.92. The minimum absolute atomic E-state index is 0.000924. The average molecular weight is 447 g/mol. The van der Waals surface area contributed by atoms with E-state index in [1.165, 1.54) is 38.5 Å². The number of hydrogen-bond donors (Lipinski definition) is 2. The molecule has 3 rings (SSSR count). The Balaban J connectivity index is 1.77. The lowest BCUT2D eigenvalue weighted by Crippen LogP contribution is -2.15. The van der Waals surface area contributed by atoms with E-state index in [0.29, 0.717) is 17.2 Å². The van der Waals surface area contributed by atoms with Gasteiger partial charge in [-0.1, -0.05) is 23.7 Å². The number of carbonyl (C=O) groups is 1. The summed E-state index contributed by atoms with van der Waals surface area (Å²) in [7, 11) is -0.842. The van der Waals surface area contributed by atoms with Crippen LogP contribution in [0.5, 0.6) is 11.5 Å². The SMILES string of the molecule is COc1ccc(NC(=O)c2ccc(S(=O)(=O)Nc3ccccc3Cl)cc2)c(OC)c1. The molecular weight excluding hydrogens is 428 g/mol. The number of benzene rings is 3. The minimum atomic E-state index is -3.86. The van der Waals surface area contributed by atoms with Crippen molar-refractivity contribution in [2.45, 2.75) is 4.90 Å². The Morgan fingerprint density at radius 3 is 2.23 bits per heavy atom. The van der Waals surface area contributed by atoms with Gasteiger partial charge in [0.2, 0.25) is 0 Å². The molecule has 0 aromatic heterocycles. The van der Waals surface area contributed by atoms with E-state index in [2.05, 4.69) is 10.0 Å². The van der Waals surface area contributed by atoms with E-state index < -0.39 is 15.9 Å². The third kappa shape index (κ3) is 4.84. The fourth-order valence-corrected chi connectivity index (χ4v) is 3.95. The van der Waals surface area contributed by atoms with Crippen molar-refractivity contribution in [3.05, 3.63) is 77.3 Å². The number of amides is 1. The largest absolute Gasteiger partial charge is 0.497 e. The number of ether oxygens (including phenoxy) is 2. The molecule has 0 radical (unpaired) electrons. The van der Waals surface area contributed by atoms with Crippen molar-refractivity contribution >= 4 is 38.9 Å². The summed E-state index contributed by atoms with van der Waals surface area (Å²) < 4.78 is 38.0. The standard InChI is InChI=1S/C21H19ClN2O5S/c1-28-15-9-12-19(20(13-15)29-2)23-21(25)14-7-10-16(11-8-14)30(26,27)24-18-6-4-3-5-17(18)22/h3-13,24H,1-2H3,(H,23,25). The predicted octanol–water partition coefficient (Wildman–Crippen LogP) is 4.41. The number of hydrogen-bond acceptors (Lipinski definition) is 5. The van der Waals surface area contributed by atoms with Gasteiger partial charge in [0.05, 0.1) is 35.5 Å². The van der Waals surface area contributed by atoms with Gasteiger partial charge in [0.25, 0.3) is 15.9 Å². The fourth-order valence-electron chi connectivity index (χ4n) is 2.63. The van der Waals surface area contributed by atoms with Gasteiger partial charge in [-0.3, -0.25) is 9.52 Å². The monoisotopic (exact) mass is 446 g/mol. The maximum absolute atomic E-state index is 12.6. The maximum atomic E-state index is 12.6. The molecule has 0 atom stereocenters. The lowest BCUT2D eigenvalue weighted by Gasteiger charge is -2.12. The zero-order valence-electron chi connectivity index (χ0n) is 16.2. The molecule has 0 fully saturated rings. The van der Waals surface area contributed by atoms with Crippen LogP contribution in [0.3, 0.4) is 0 Å². The summed E-state index contributed by atoms with van der Waals surface area (Å²) in [6, 6.07) is 17.0. The first kappa shape index (κ1) is 21.5. The first-order chi connectivity index (χ1) is 14.3. The average Bonchev–Trinajstić information content (AvgIpc) is 2.75. The smallest absolute Gasteiger partial charge is 0.261 e. The summed E-state index contributed by atoms with van der Waals surface area (Å²) in [5, 5.41) is 3.02. The number of carbonyl (C=O) groups excluding carboxylic acids is 1. The highest BCUT2D eigenvalue weighted by atomic mass is 35.5. The molecule has 0 bridgehead atoms. The van der Waals surface area contributed by atoms with Crippen molar-refractivity contribution in [3.8, 4) is 11.5 Å². The second-order valence-electron chi connectivity index (χ2n) is 6.13. The zero-order chi connectivity index (χ0) is 21.7. The number of halogens is 1. The minimum Gasteiger partial charge on any atom is -0.497 e. The van der Waals surface area contributed by atoms with Gasteiger partial charge in [-0.2, -0.15) is 0 Å². The molecular formula is C21H19ClN2O5S. The Hall–Kier alpha value is -3.23. The van der Waals surface area contributed by atoms with E-state index in [4.69, 9.17) is 21.1 Å². The van der Waals surface area contributed by atoms with Crippen LogP contribution in [0.2, 0.25) is 5.02 Å². The summed E-state index contributed by atoms with van der Waals surface area (Å²) in [5.41, 5.74) is 1.01. The summed E-state index contributed by atoms with van der Waals surface area (Å²) >= 11 is 6.01. The Bertz CT molecular complexity index is 1160. The van der Waals surface area contributed by atoms with Crippen LogP contribution in [-0.4, -0.2) is 28.5 Å². The van der Waals surface area contributed by atoms with Crippen LogP contribution < -0.4 is 19.5 Å². The molecule has 7 nitrogen and oxygen atoms in total. The van der Waals surface area contributed by atoms with Gasteiger partial charge in [-0.25, -0.2) is 8.42 Å². The Kier molecular flexibility index (Phi) is 6.49. The molecule has 0 saturated heterocycles. The van der Waals surface area contributed by atoms with Gasteiger partial charge in [0.15, 0.2) is 0 Å². The lowest BCUT2D eigenvalue weighted by molar-refractivity contribution is 0.102. The molecule has 0 spiro atoms. The molecule has 2 N–H and O–H groups in total. The highest BCUT2D eigenvalue weighted by Crippen LogP contribution is 2.29. The molecule has 9 heteroatoms. The van der Waals surface area contributed by atoms with Gasteiger partial charge in [0, 0.05) is 11.6 Å². The molecule has 0 heterocycles. The second-order valence-corrected chi connectivity index (χ2v) is 8.22. The number of rotatable bonds is 7. The molecule has 30 heavy (non-hydrogen) atoms. The summed E-state index contributed by atoms with van der Waals surface area (Å²) in [4.78, 5) is 12.6. The second kappa shape index (κ2) is 9.06. The van der Waals surface area contributed by atoms with Crippen molar-refractivity contribution in [1.82, 2.24) is 0 Å². The molecule has 156 valence electrons. The summed E-state index contributed by atoms with van der Waals surface area (Å²) in [5.74, 6) is 0.609. The fraction of sp³-hybridized carbons (Fsp3) is 0.0952. The van der Waals surface area contributed by atoms with E-state index in [-0.39, 0.29) is 21.2 Å². The van der Waals surface area contributed by atoms with Crippen LogP contribution in [0.4, 0.5) is 11.4 Å². The number of methoxy groups -OCH3 is 2. The van der Waals surface area contributed by atoms with E-state index >= 15 is 0 Å². The van der Waals surface area contributed by atoms with Gasteiger partial charge >= 0.3 is 0 Å². The van der Waals surface area contributed by atoms with Crippen LogP contribution in [-0.2, 0) is 10.0 Å². The lowest BCUT2D eigenvalue weighted by atomic mass is 10.2. The zero-order valence-corrected chi connectivity index (χ0v) is 17.8. The van der Waals surface area contributed by atoms with Gasteiger partial charge < -0.3 is 14.8 Å². The van der Waals surface area contributed by atoms with Crippen LogP contribution >= 0.6 is 11.6 Å². The van der Waals surface area contributed by atoms with Crippen molar-refractivity contribution in [2.24, 2.45) is 0 Å². The van der Waals surface area contributed by atoms with Crippen molar-refractivity contribution in [1.29, 1.82) is 0 Å². The topological polar surface area (TPSA) is 93.7 Å². The van der Waals surface area contributed by atoms with Crippen LogP contribution in [0.25, 0.3) is 0 Å². The maximum Gasteiger partial charge on any atom is 0.261 e. The molecule has 3 aromatic carbocycles. The first-order valence-electron chi connectivity index (χ1n) is 8.75. The van der Waals surface area contributed by atoms with Gasteiger partial charge in [-0.05, 0) is 48.5 Å². The Morgan fingerprint density at radius 2 is 1.60 bits per heavy atom. The number of nitrogens with one attached hydrogen (secondary N) is 2. The molecule has 3 aromatic rings. The summed E-state index contributed by atoms with van der Waals surface area (Å²) in [6.07, 6.45) is 0. The predicted molar refractivity (Wildman–Crippen MR) is 116 cm³/mol. The normalized spacial score (nSPS) is 10.9. The number of sulfonamides is 1. The molecule has 0 aliphatic carbocycles. The van der Waals surface area contributed by atoms with Crippen molar-refractivity contribution in [3.63, 3.8) is 0 Å². The third-order valence-corrected chi connectivity index (χ3v) is 5.91. The Morgan fingerprint density at radius 1 is 0.900 bits per heavy atom. The molecule has 1 amide bonds. The number of anilines is 2. The van der Waals surface area contributed by atoms with Gasteiger partial charge in [-0.15, -0.1) is 0 Å². The van der Waals surface area contributed by atoms with E-state index in [0.717, 1.165) is 0 Å². The molecule has 0 aliphatic rings. The Labute approximate surface area is 179 Å². The van der Waals surface area contributed by atoms with E-state index in [9.17, 15) is 13.2 Å². The molecule has 0 unspecified atom stereocenters. The highest BCUT2D eigenvalue weighted by Gasteiger charge is 2.17. The van der Waals surface area contributed by atoms with Gasteiger partial charge in [0.1, 0.15) is 11.5 Å². The molecule has 0 aliphatic heterocycles. The van der Waals surface area contributed by atoms with Crippen LogP contribution in [0.15, 0.2) is 71.6 Å². The summed E-state index contributed by atoms with van der Waals surface area (Å²) in [6.45, 7) is 0. The van der Waals surface area contributed by atoms with E-state index in [1.807, 2.05) is 0 Å².